The van der Waals surface area contributed by atoms with Gasteiger partial charge in [-0.2, -0.15) is 0 Å². The SMILES string of the molecule is COC(O)C(=O)N1CCC(COc2ccc(F)cc2C(C)(C)C)C1. The van der Waals surface area contributed by atoms with Crippen molar-refractivity contribution >= 4 is 5.91 Å². The molecule has 1 aromatic rings. The molecule has 0 saturated carbocycles. The van der Waals surface area contributed by atoms with Crippen molar-refractivity contribution in [3.8, 4) is 5.75 Å². The molecule has 1 aromatic carbocycles. The molecular weight excluding hydrogens is 313 g/mol. The molecule has 1 heterocycles. The second kappa shape index (κ2) is 7.49. The van der Waals surface area contributed by atoms with Crippen LogP contribution < -0.4 is 4.74 Å². The highest BCUT2D eigenvalue weighted by Crippen LogP contribution is 2.32. The predicted molar refractivity (Wildman–Crippen MR) is 88.3 cm³/mol. The van der Waals surface area contributed by atoms with Gasteiger partial charge >= 0.3 is 0 Å². The summed E-state index contributed by atoms with van der Waals surface area (Å²) < 4.78 is 24.1. The minimum atomic E-state index is -1.41. The number of methoxy groups -OCH3 is 1. The number of aliphatic hydroxyl groups excluding tert-OH is 1. The van der Waals surface area contributed by atoms with Gasteiger partial charge in [0.15, 0.2) is 0 Å². The van der Waals surface area contributed by atoms with Crippen molar-refractivity contribution in [2.45, 2.75) is 38.9 Å². The number of ether oxygens (including phenoxy) is 2. The fourth-order valence-electron chi connectivity index (χ4n) is 2.85. The number of amides is 1. The lowest BCUT2D eigenvalue weighted by Crippen LogP contribution is -2.38. The maximum atomic E-state index is 13.5. The summed E-state index contributed by atoms with van der Waals surface area (Å²) in [6, 6.07) is 4.56. The number of hydrogen-bond acceptors (Lipinski definition) is 4. The van der Waals surface area contributed by atoms with Crippen molar-refractivity contribution in [2.75, 3.05) is 26.8 Å². The van der Waals surface area contributed by atoms with Gasteiger partial charge in [-0.15, -0.1) is 0 Å². The zero-order valence-electron chi connectivity index (χ0n) is 14.7. The fourth-order valence-corrected chi connectivity index (χ4v) is 2.85. The van der Waals surface area contributed by atoms with Gasteiger partial charge in [-0.25, -0.2) is 4.39 Å². The van der Waals surface area contributed by atoms with Crippen molar-refractivity contribution in [1.29, 1.82) is 0 Å². The Bertz CT molecular complexity index is 585. The first-order chi connectivity index (χ1) is 11.2. The standard InChI is InChI=1S/C18H26FNO4/c1-18(2,3)14-9-13(19)5-6-15(14)24-11-12-7-8-20(10-12)16(21)17(22)23-4/h5-6,9,12,17,22H,7-8,10-11H2,1-4H3. The van der Waals surface area contributed by atoms with Crippen LogP contribution in [0.25, 0.3) is 0 Å². The Morgan fingerprint density at radius 1 is 1.46 bits per heavy atom. The van der Waals surface area contributed by atoms with E-state index in [2.05, 4.69) is 4.74 Å². The first kappa shape index (κ1) is 18.7. The summed E-state index contributed by atoms with van der Waals surface area (Å²) >= 11 is 0. The second-order valence-corrected chi connectivity index (χ2v) is 7.23. The summed E-state index contributed by atoms with van der Waals surface area (Å²) in [5.74, 6) is 0.150. The van der Waals surface area contributed by atoms with Gasteiger partial charge in [0, 0.05) is 31.7 Å². The molecule has 0 aliphatic carbocycles. The molecule has 6 heteroatoms. The Morgan fingerprint density at radius 2 is 2.17 bits per heavy atom. The average Bonchev–Trinajstić information content (AvgIpc) is 3.00. The number of hydrogen-bond donors (Lipinski definition) is 1. The number of nitrogens with zero attached hydrogens (tertiary/aromatic N) is 1. The van der Waals surface area contributed by atoms with Crippen LogP contribution in [0.2, 0.25) is 0 Å². The van der Waals surface area contributed by atoms with Gasteiger partial charge in [0.25, 0.3) is 5.91 Å². The Kier molecular flexibility index (Phi) is 5.83. The van der Waals surface area contributed by atoms with Crippen LogP contribution in [0.5, 0.6) is 5.75 Å². The summed E-state index contributed by atoms with van der Waals surface area (Å²) in [6.45, 7) is 7.57. The maximum absolute atomic E-state index is 13.5. The number of carbonyl (C=O) groups is 1. The van der Waals surface area contributed by atoms with Crippen molar-refractivity contribution in [2.24, 2.45) is 5.92 Å². The molecule has 24 heavy (non-hydrogen) atoms. The third-order valence-corrected chi connectivity index (χ3v) is 4.26. The van der Waals surface area contributed by atoms with Crippen LogP contribution in [0.1, 0.15) is 32.8 Å². The van der Waals surface area contributed by atoms with Crippen LogP contribution in [-0.2, 0) is 14.9 Å². The van der Waals surface area contributed by atoms with E-state index in [-0.39, 0.29) is 17.2 Å². The molecule has 2 rings (SSSR count). The first-order valence-electron chi connectivity index (χ1n) is 8.15. The number of halogens is 1. The summed E-state index contributed by atoms with van der Waals surface area (Å²) in [6.07, 6.45) is -0.608. The molecule has 2 unspecified atom stereocenters. The number of aliphatic hydroxyl groups is 1. The molecule has 0 aromatic heterocycles. The third-order valence-electron chi connectivity index (χ3n) is 4.26. The van der Waals surface area contributed by atoms with Gasteiger partial charge in [0.1, 0.15) is 11.6 Å². The number of carbonyl (C=O) groups excluding carboxylic acids is 1. The van der Waals surface area contributed by atoms with E-state index in [4.69, 9.17) is 4.74 Å². The zero-order chi connectivity index (χ0) is 17.9. The Labute approximate surface area is 142 Å². The number of benzene rings is 1. The molecule has 1 fully saturated rings. The average molecular weight is 339 g/mol. The molecule has 0 bridgehead atoms. The minimum Gasteiger partial charge on any atom is -0.493 e. The normalized spacial score (nSPS) is 19.4. The minimum absolute atomic E-state index is 0.177. The number of rotatable bonds is 5. The first-order valence-corrected chi connectivity index (χ1v) is 8.15. The van der Waals surface area contributed by atoms with E-state index < -0.39 is 12.2 Å². The van der Waals surface area contributed by atoms with Gasteiger partial charge in [-0.3, -0.25) is 4.79 Å². The zero-order valence-corrected chi connectivity index (χ0v) is 14.7. The third kappa shape index (κ3) is 4.45. The lowest BCUT2D eigenvalue weighted by atomic mass is 9.86. The highest BCUT2D eigenvalue weighted by Gasteiger charge is 2.30. The van der Waals surface area contributed by atoms with Gasteiger partial charge < -0.3 is 19.5 Å². The molecule has 0 spiro atoms. The summed E-state index contributed by atoms with van der Waals surface area (Å²) in [7, 11) is 1.29. The highest BCUT2D eigenvalue weighted by molar-refractivity contribution is 5.79. The molecule has 2 atom stereocenters. The van der Waals surface area contributed by atoms with E-state index in [0.29, 0.717) is 25.4 Å². The highest BCUT2D eigenvalue weighted by atomic mass is 19.1. The summed E-state index contributed by atoms with van der Waals surface area (Å²) in [4.78, 5) is 13.5. The van der Waals surface area contributed by atoms with Gasteiger partial charge in [0.2, 0.25) is 6.29 Å². The molecule has 0 radical (unpaired) electrons. The van der Waals surface area contributed by atoms with Crippen molar-refractivity contribution in [1.82, 2.24) is 4.90 Å². The van der Waals surface area contributed by atoms with Crippen LogP contribution >= 0.6 is 0 Å². The molecule has 134 valence electrons. The van der Waals surface area contributed by atoms with E-state index >= 15 is 0 Å². The molecule has 1 aliphatic rings. The van der Waals surface area contributed by atoms with E-state index in [0.717, 1.165) is 12.0 Å². The van der Waals surface area contributed by atoms with Crippen molar-refractivity contribution in [3.63, 3.8) is 0 Å². The van der Waals surface area contributed by atoms with Crippen molar-refractivity contribution in [3.05, 3.63) is 29.6 Å². The molecule has 1 aliphatic heterocycles. The van der Waals surface area contributed by atoms with Gasteiger partial charge in [-0.1, -0.05) is 20.8 Å². The lowest BCUT2D eigenvalue weighted by Gasteiger charge is -2.24. The number of likely N-dealkylation sites (tertiary alicyclic amines) is 1. The largest absolute Gasteiger partial charge is 0.493 e. The van der Waals surface area contributed by atoms with Crippen LogP contribution in [0.3, 0.4) is 0 Å². The van der Waals surface area contributed by atoms with Gasteiger partial charge in [0.05, 0.1) is 6.61 Å². The molecule has 5 nitrogen and oxygen atoms in total. The van der Waals surface area contributed by atoms with Crippen LogP contribution in [0.4, 0.5) is 4.39 Å². The Balaban J connectivity index is 1.97. The van der Waals surface area contributed by atoms with E-state index in [1.165, 1.54) is 19.2 Å². The second-order valence-electron chi connectivity index (χ2n) is 7.23. The van der Waals surface area contributed by atoms with E-state index in [1.54, 1.807) is 11.0 Å². The van der Waals surface area contributed by atoms with Crippen molar-refractivity contribution < 1.29 is 23.8 Å². The topological polar surface area (TPSA) is 59.0 Å². The maximum Gasteiger partial charge on any atom is 0.279 e. The molecular formula is C18H26FNO4. The predicted octanol–water partition coefficient (Wildman–Crippen LogP) is 2.32. The van der Waals surface area contributed by atoms with E-state index in [1.807, 2.05) is 20.8 Å². The van der Waals surface area contributed by atoms with Crippen LogP contribution in [-0.4, -0.2) is 49.0 Å². The molecule has 1 saturated heterocycles. The fraction of sp³-hybridized carbons (Fsp3) is 0.611. The molecule has 1 amide bonds. The monoisotopic (exact) mass is 339 g/mol. The lowest BCUT2D eigenvalue weighted by molar-refractivity contribution is -0.163. The van der Waals surface area contributed by atoms with Gasteiger partial charge in [-0.05, 0) is 30.0 Å². The summed E-state index contributed by atoms with van der Waals surface area (Å²) in [5, 5.41) is 9.45. The van der Waals surface area contributed by atoms with Crippen LogP contribution in [0.15, 0.2) is 18.2 Å². The van der Waals surface area contributed by atoms with E-state index in [9.17, 15) is 14.3 Å². The Morgan fingerprint density at radius 3 is 2.79 bits per heavy atom. The summed E-state index contributed by atoms with van der Waals surface area (Å²) in [5.41, 5.74) is 0.598. The quantitative estimate of drug-likeness (QED) is 0.837. The smallest absolute Gasteiger partial charge is 0.279 e. The Hall–Kier alpha value is -1.66. The molecule has 1 N–H and O–H groups in total. The van der Waals surface area contributed by atoms with Crippen LogP contribution in [0, 0.1) is 11.7 Å².